The van der Waals surface area contributed by atoms with Crippen molar-refractivity contribution in [2.75, 3.05) is 7.11 Å². The van der Waals surface area contributed by atoms with Crippen LogP contribution < -0.4 is 10.3 Å². The zero-order chi connectivity index (χ0) is 26.4. The molecule has 1 atom stereocenters. The van der Waals surface area contributed by atoms with Gasteiger partial charge in [-0.05, 0) is 56.0 Å². The minimum absolute atomic E-state index is 0.0930. The number of nitrogens with one attached hydrogen (secondary N) is 1. The first-order valence-corrected chi connectivity index (χ1v) is 11.6. The molecule has 37 heavy (non-hydrogen) atoms. The Bertz CT molecular complexity index is 1530. The van der Waals surface area contributed by atoms with Gasteiger partial charge in [0.2, 0.25) is 0 Å². The van der Waals surface area contributed by atoms with E-state index in [4.69, 9.17) is 4.74 Å². The van der Waals surface area contributed by atoms with Gasteiger partial charge in [0.15, 0.2) is 0 Å². The van der Waals surface area contributed by atoms with Crippen LogP contribution in [0.25, 0.3) is 11.4 Å². The zero-order valence-electron chi connectivity index (χ0n) is 20.1. The predicted molar refractivity (Wildman–Crippen MR) is 127 cm³/mol. The minimum atomic E-state index is -4.65. The van der Waals surface area contributed by atoms with Crippen LogP contribution in [0.15, 0.2) is 53.3 Å². The second-order valence-corrected chi connectivity index (χ2v) is 9.22. The number of aromatic amines is 1. The Balaban J connectivity index is 1.53. The molecule has 0 fully saturated rings. The summed E-state index contributed by atoms with van der Waals surface area (Å²) in [5.41, 5.74) is -0.154. The highest BCUT2D eigenvalue weighted by Gasteiger charge is 2.40. The van der Waals surface area contributed by atoms with Crippen molar-refractivity contribution in [3.05, 3.63) is 92.9 Å². The molecule has 1 aliphatic rings. The second-order valence-electron chi connectivity index (χ2n) is 9.22. The third-order valence-electron chi connectivity index (χ3n) is 6.72. The fraction of sp³-hybridized carbons (Fsp3) is 0.308. The number of H-pyrrole nitrogens is 1. The van der Waals surface area contributed by atoms with Gasteiger partial charge < -0.3 is 9.72 Å². The maximum atomic E-state index is 15.0. The zero-order valence-corrected chi connectivity index (χ0v) is 20.1. The summed E-state index contributed by atoms with van der Waals surface area (Å²) in [6.45, 7) is 1.72. The van der Waals surface area contributed by atoms with E-state index in [0.29, 0.717) is 60.4 Å². The fourth-order valence-electron chi connectivity index (χ4n) is 4.89. The van der Waals surface area contributed by atoms with Crippen molar-refractivity contribution in [2.24, 2.45) is 0 Å². The molecule has 1 aliphatic heterocycles. The van der Waals surface area contributed by atoms with Gasteiger partial charge in [0.1, 0.15) is 28.8 Å². The smallest absolute Gasteiger partial charge is 0.416 e. The molecule has 3 heterocycles. The monoisotopic (exact) mass is 513 g/mol. The highest BCUT2D eigenvalue weighted by molar-refractivity contribution is 5.57. The number of halogens is 4. The Labute approximate surface area is 209 Å². The van der Waals surface area contributed by atoms with E-state index < -0.39 is 23.1 Å². The molecule has 2 aromatic heterocycles. The van der Waals surface area contributed by atoms with E-state index in [2.05, 4.69) is 20.3 Å². The van der Waals surface area contributed by atoms with Gasteiger partial charge in [-0.2, -0.15) is 13.2 Å². The fourth-order valence-corrected chi connectivity index (χ4v) is 4.89. The largest absolute Gasteiger partial charge is 0.497 e. The number of nitrogens with zero attached hydrogens (tertiary/aromatic N) is 4. The SMILES string of the molecule is COc1cccc(Cc2nc(-c3nnn4c3CCC[C@]4(C)c3ccc(C(F)(F)F)cc3F)cc(=O)[nH]2)c1. The van der Waals surface area contributed by atoms with E-state index in [1.54, 1.807) is 18.7 Å². The molecule has 0 radical (unpaired) electrons. The van der Waals surface area contributed by atoms with Gasteiger partial charge in [0.05, 0.1) is 23.9 Å². The standard InChI is InChI=1S/C26H23F4N5O2/c1-25(18-9-8-16(13-19(18)27)26(28,29)30)10-4-7-21-24(33-34-35(21)25)20-14-23(36)32-22(31-20)12-15-5-3-6-17(11-15)37-2/h3,5-6,8-9,11,13-14H,4,7,10,12H2,1-2H3,(H,31,32,36)/t25-/m1/s1. The molecule has 2 aromatic carbocycles. The summed E-state index contributed by atoms with van der Waals surface area (Å²) in [4.78, 5) is 19.8. The highest BCUT2D eigenvalue weighted by Crippen LogP contribution is 2.41. The van der Waals surface area contributed by atoms with E-state index in [9.17, 15) is 22.4 Å². The highest BCUT2D eigenvalue weighted by atomic mass is 19.4. The van der Waals surface area contributed by atoms with Crippen molar-refractivity contribution >= 4 is 0 Å². The van der Waals surface area contributed by atoms with Crippen molar-refractivity contribution in [2.45, 2.75) is 44.3 Å². The summed E-state index contributed by atoms with van der Waals surface area (Å²) in [6.07, 6.45) is -2.68. The summed E-state index contributed by atoms with van der Waals surface area (Å²) in [7, 11) is 1.57. The molecule has 0 aliphatic carbocycles. The number of ether oxygens (including phenoxy) is 1. The number of benzene rings is 2. The molecule has 0 bridgehead atoms. The average molecular weight is 513 g/mol. The number of rotatable bonds is 5. The first-order valence-electron chi connectivity index (χ1n) is 11.6. The quantitative estimate of drug-likeness (QED) is 0.385. The van der Waals surface area contributed by atoms with Gasteiger partial charge in [-0.1, -0.05) is 23.4 Å². The lowest BCUT2D eigenvalue weighted by atomic mass is 9.82. The van der Waals surface area contributed by atoms with Gasteiger partial charge in [-0.3, -0.25) is 4.79 Å². The van der Waals surface area contributed by atoms with Crippen LogP contribution in [-0.2, 0) is 24.6 Å². The second kappa shape index (κ2) is 9.13. The molecular weight excluding hydrogens is 490 g/mol. The molecule has 0 saturated carbocycles. The summed E-state index contributed by atoms with van der Waals surface area (Å²) in [5, 5.41) is 8.52. The van der Waals surface area contributed by atoms with Gasteiger partial charge in [0.25, 0.3) is 5.56 Å². The maximum Gasteiger partial charge on any atom is 0.416 e. The number of methoxy groups -OCH3 is 1. The van der Waals surface area contributed by atoms with Gasteiger partial charge >= 0.3 is 6.18 Å². The molecule has 7 nitrogen and oxygen atoms in total. The van der Waals surface area contributed by atoms with E-state index in [0.717, 1.165) is 17.7 Å². The van der Waals surface area contributed by atoms with Crippen LogP contribution in [0.1, 0.15) is 48.0 Å². The third kappa shape index (κ3) is 4.61. The summed E-state index contributed by atoms with van der Waals surface area (Å²) >= 11 is 0. The van der Waals surface area contributed by atoms with Gasteiger partial charge in [0, 0.05) is 18.1 Å². The summed E-state index contributed by atoms with van der Waals surface area (Å²) in [6, 6.07) is 11.3. The van der Waals surface area contributed by atoms with Crippen LogP contribution in [0.2, 0.25) is 0 Å². The summed E-state index contributed by atoms with van der Waals surface area (Å²) in [5.74, 6) is 0.139. The topological polar surface area (TPSA) is 85.7 Å². The Hall–Kier alpha value is -4.02. The van der Waals surface area contributed by atoms with Gasteiger partial charge in [-0.25, -0.2) is 14.1 Å². The molecule has 0 amide bonds. The van der Waals surface area contributed by atoms with Crippen LogP contribution in [0.4, 0.5) is 17.6 Å². The number of aromatic nitrogens is 5. The Morgan fingerprint density at radius 2 is 1.97 bits per heavy atom. The van der Waals surface area contributed by atoms with Crippen LogP contribution in [0, 0.1) is 5.82 Å². The maximum absolute atomic E-state index is 15.0. The van der Waals surface area contributed by atoms with E-state index in [-0.39, 0.29) is 11.1 Å². The Morgan fingerprint density at radius 1 is 1.16 bits per heavy atom. The number of hydrogen-bond acceptors (Lipinski definition) is 5. The average Bonchev–Trinajstić information content (AvgIpc) is 3.29. The Morgan fingerprint density at radius 3 is 2.70 bits per heavy atom. The Kier molecular flexibility index (Phi) is 6.09. The van der Waals surface area contributed by atoms with Crippen LogP contribution in [0.3, 0.4) is 0 Å². The lowest BCUT2D eigenvalue weighted by Crippen LogP contribution is -2.38. The molecule has 4 aromatic rings. The first-order chi connectivity index (χ1) is 17.6. The van der Waals surface area contributed by atoms with E-state index >= 15 is 0 Å². The van der Waals surface area contributed by atoms with Crippen molar-refractivity contribution in [1.82, 2.24) is 25.0 Å². The summed E-state index contributed by atoms with van der Waals surface area (Å²) < 4.78 is 61.0. The van der Waals surface area contributed by atoms with E-state index in [1.807, 2.05) is 24.3 Å². The normalized spacial score (nSPS) is 17.5. The third-order valence-corrected chi connectivity index (χ3v) is 6.72. The van der Waals surface area contributed by atoms with Crippen molar-refractivity contribution < 1.29 is 22.3 Å². The van der Waals surface area contributed by atoms with Gasteiger partial charge in [-0.15, -0.1) is 5.10 Å². The number of hydrogen-bond donors (Lipinski definition) is 1. The molecule has 0 spiro atoms. The molecule has 0 saturated heterocycles. The molecule has 1 N–H and O–H groups in total. The lowest BCUT2D eigenvalue weighted by Gasteiger charge is -2.35. The van der Waals surface area contributed by atoms with Crippen LogP contribution in [-0.4, -0.2) is 32.1 Å². The van der Waals surface area contributed by atoms with Crippen molar-refractivity contribution in [3.63, 3.8) is 0 Å². The minimum Gasteiger partial charge on any atom is -0.497 e. The molecule has 5 rings (SSSR count). The van der Waals surface area contributed by atoms with E-state index in [1.165, 1.54) is 6.07 Å². The lowest BCUT2D eigenvalue weighted by molar-refractivity contribution is -0.137. The molecule has 0 unspecified atom stereocenters. The predicted octanol–water partition coefficient (Wildman–Crippen LogP) is 4.89. The molecular formula is C26H23F4N5O2. The van der Waals surface area contributed by atoms with Crippen molar-refractivity contribution in [1.29, 1.82) is 0 Å². The number of fused-ring (bicyclic) bond motifs is 1. The van der Waals surface area contributed by atoms with Crippen LogP contribution >= 0.6 is 0 Å². The number of alkyl halides is 3. The molecule has 11 heteroatoms. The first kappa shape index (κ1) is 24.7. The van der Waals surface area contributed by atoms with Crippen molar-refractivity contribution in [3.8, 4) is 17.1 Å². The molecule has 192 valence electrons. The van der Waals surface area contributed by atoms with Crippen LogP contribution in [0.5, 0.6) is 5.75 Å².